The van der Waals surface area contributed by atoms with Gasteiger partial charge in [0.2, 0.25) is 0 Å². The van der Waals surface area contributed by atoms with Gasteiger partial charge in [-0.2, -0.15) is 5.26 Å². The summed E-state index contributed by atoms with van der Waals surface area (Å²) >= 11 is 0. The average molecular weight is 161 g/mol. The van der Waals surface area contributed by atoms with Crippen LogP contribution >= 0.6 is 0 Å². The number of hydrogen-bond donors (Lipinski definition) is 0. The topological polar surface area (TPSA) is 36.7 Å². The smallest absolute Gasteiger partial charge is 0.152 e. The molecule has 1 aliphatic carbocycles. The number of pyridine rings is 1. The van der Waals surface area contributed by atoms with Crippen LogP contribution in [0.25, 0.3) is 0 Å². The number of nitriles is 1. The van der Waals surface area contributed by atoms with Crippen LogP contribution in [-0.2, 0) is 0 Å². The molecule has 2 rings (SSSR count). The molecule has 2 unspecified atom stereocenters. The van der Waals surface area contributed by atoms with Crippen molar-refractivity contribution in [1.82, 2.24) is 4.98 Å². The highest BCUT2D eigenvalue weighted by Crippen LogP contribution is 2.46. The molecule has 0 saturated heterocycles. The summed E-state index contributed by atoms with van der Waals surface area (Å²) in [7, 11) is 0. The first kappa shape index (κ1) is 7.23. The Morgan fingerprint density at radius 1 is 1.75 bits per heavy atom. The van der Waals surface area contributed by atoms with Crippen LogP contribution < -0.4 is 0 Å². The molecule has 1 radical (unpaired) electrons. The highest BCUT2D eigenvalue weighted by atomic mass is 19.1. The number of nitrogens with zero attached hydrogens (tertiary/aromatic N) is 2. The van der Waals surface area contributed by atoms with Gasteiger partial charge in [-0.15, -0.1) is 0 Å². The molecular formula is C9H6FN2. The first-order valence-electron chi connectivity index (χ1n) is 3.74. The normalized spacial score (nSPS) is 26.3. The standard InChI is InChI=1S/C9H6FN2/c10-8-2-1-3-12-9(8)7-4-6(7)5-11/h1,3,6-7H,4H2. The highest BCUT2D eigenvalue weighted by molar-refractivity contribution is 5.23. The van der Waals surface area contributed by atoms with Crippen molar-refractivity contribution in [3.05, 3.63) is 29.8 Å². The minimum atomic E-state index is -0.416. The van der Waals surface area contributed by atoms with Gasteiger partial charge in [-0.05, 0) is 12.5 Å². The summed E-state index contributed by atoms with van der Waals surface area (Å²) in [5.74, 6) is -0.449. The molecule has 1 aromatic heterocycles. The third-order valence-electron chi connectivity index (χ3n) is 2.03. The Balaban J connectivity index is 2.26. The van der Waals surface area contributed by atoms with Gasteiger partial charge in [-0.25, -0.2) is 4.39 Å². The summed E-state index contributed by atoms with van der Waals surface area (Å²) in [6.45, 7) is 0. The molecule has 0 amide bonds. The van der Waals surface area contributed by atoms with Crippen LogP contribution in [-0.4, -0.2) is 4.98 Å². The van der Waals surface area contributed by atoms with Gasteiger partial charge in [0.05, 0.1) is 17.7 Å². The minimum absolute atomic E-state index is 0.00690. The first-order valence-corrected chi connectivity index (χ1v) is 3.74. The summed E-state index contributed by atoms with van der Waals surface area (Å²) in [4.78, 5) is 3.88. The van der Waals surface area contributed by atoms with E-state index in [1.165, 1.54) is 12.3 Å². The van der Waals surface area contributed by atoms with Crippen molar-refractivity contribution in [2.45, 2.75) is 12.3 Å². The molecule has 1 fully saturated rings. The summed E-state index contributed by atoms with van der Waals surface area (Å²) in [6, 6.07) is 5.95. The van der Waals surface area contributed by atoms with Gasteiger partial charge in [0.1, 0.15) is 0 Å². The second-order valence-corrected chi connectivity index (χ2v) is 2.87. The van der Waals surface area contributed by atoms with E-state index >= 15 is 0 Å². The van der Waals surface area contributed by atoms with Crippen LogP contribution in [0.2, 0.25) is 0 Å². The molecule has 1 saturated carbocycles. The maximum atomic E-state index is 13.0. The second kappa shape index (κ2) is 2.56. The Bertz CT molecular complexity index is 343. The molecule has 1 heterocycles. The monoisotopic (exact) mass is 161 g/mol. The fourth-order valence-corrected chi connectivity index (χ4v) is 1.26. The predicted molar refractivity (Wildman–Crippen MR) is 39.5 cm³/mol. The van der Waals surface area contributed by atoms with Gasteiger partial charge >= 0.3 is 0 Å². The SMILES string of the molecule is N#CC1CC1c1ncc[c]c1F. The molecule has 12 heavy (non-hydrogen) atoms. The molecule has 1 aromatic rings. The minimum Gasteiger partial charge on any atom is -0.258 e. The zero-order valence-electron chi connectivity index (χ0n) is 6.29. The predicted octanol–water partition coefficient (Wildman–Crippen LogP) is 1.65. The van der Waals surface area contributed by atoms with E-state index in [-0.39, 0.29) is 11.8 Å². The van der Waals surface area contributed by atoms with E-state index in [1.807, 2.05) is 0 Å². The number of rotatable bonds is 1. The lowest BCUT2D eigenvalue weighted by molar-refractivity contribution is 0.596. The van der Waals surface area contributed by atoms with Crippen molar-refractivity contribution in [3.63, 3.8) is 0 Å². The maximum Gasteiger partial charge on any atom is 0.152 e. The molecule has 1 aliphatic rings. The first-order chi connectivity index (χ1) is 5.83. The van der Waals surface area contributed by atoms with E-state index in [9.17, 15) is 4.39 Å². The Labute approximate surface area is 69.7 Å². The molecule has 0 N–H and O–H groups in total. The fourth-order valence-electron chi connectivity index (χ4n) is 1.26. The van der Waals surface area contributed by atoms with Gasteiger partial charge in [0.25, 0.3) is 0 Å². The average Bonchev–Trinajstić information content (AvgIpc) is 2.84. The van der Waals surface area contributed by atoms with Gasteiger partial charge < -0.3 is 0 Å². The van der Waals surface area contributed by atoms with E-state index in [4.69, 9.17) is 5.26 Å². The quantitative estimate of drug-likeness (QED) is 0.627. The van der Waals surface area contributed by atoms with Crippen molar-refractivity contribution in [3.8, 4) is 6.07 Å². The summed E-state index contributed by atoms with van der Waals surface area (Å²) < 4.78 is 13.0. The molecule has 0 aromatic carbocycles. The third kappa shape index (κ3) is 1.06. The highest BCUT2D eigenvalue weighted by Gasteiger charge is 2.41. The van der Waals surface area contributed by atoms with Gasteiger partial charge in [0, 0.05) is 18.2 Å². The van der Waals surface area contributed by atoms with Crippen LogP contribution in [0.3, 0.4) is 0 Å². The molecule has 2 atom stereocenters. The molecule has 0 bridgehead atoms. The summed E-state index contributed by atoms with van der Waals surface area (Å²) in [6.07, 6.45) is 2.24. The van der Waals surface area contributed by atoms with Crippen molar-refractivity contribution < 1.29 is 4.39 Å². The van der Waals surface area contributed by atoms with Crippen molar-refractivity contribution in [2.75, 3.05) is 0 Å². The van der Waals surface area contributed by atoms with Crippen molar-refractivity contribution in [2.24, 2.45) is 5.92 Å². The maximum absolute atomic E-state index is 13.0. The largest absolute Gasteiger partial charge is 0.258 e. The number of halogens is 1. The van der Waals surface area contributed by atoms with Gasteiger partial charge in [-0.3, -0.25) is 4.98 Å². The Morgan fingerprint density at radius 2 is 2.58 bits per heavy atom. The van der Waals surface area contributed by atoms with E-state index in [1.54, 1.807) is 0 Å². The molecule has 2 nitrogen and oxygen atoms in total. The summed E-state index contributed by atoms with van der Waals surface area (Å²) in [5, 5.41) is 8.52. The molecule has 59 valence electrons. The fraction of sp³-hybridized carbons (Fsp3) is 0.333. The molecular weight excluding hydrogens is 155 g/mol. The number of hydrogen-bond acceptors (Lipinski definition) is 2. The summed E-state index contributed by atoms with van der Waals surface area (Å²) in [5.41, 5.74) is 0.393. The van der Waals surface area contributed by atoms with Gasteiger partial charge in [-0.1, -0.05) is 0 Å². The van der Waals surface area contributed by atoms with Crippen LogP contribution in [0.1, 0.15) is 18.0 Å². The zero-order chi connectivity index (χ0) is 8.55. The zero-order valence-corrected chi connectivity index (χ0v) is 6.29. The lowest BCUT2D eigenvalue weighted by Gasteiger charge is -1.96. The number of aromatic nitrogens is 1. The molecule has 0 spiro atoms. The van der Waals surface area contributed by atoms with E-state index < -0.39 is 5.82 Å². The Kier molecular flexibility index (Phi) is 1.54. The van der Waals surface area contributed by atoms with E-state index in [0.717, 1.165) is 6.42 Å². The lowest BCUT2D eigenvalue weighted by atomic mass is 10.2. The molecule has 3 heteroatoms. The Morgan fingerprint density at radius 3 is 3.17 bits per heavy atom. The van der Waals surface area contributed by atoms with Crippen LogP contribution in [0.5, 0.6) is 0 Å². The third-order valence-corrected chi connectivity index (χ3v) is 2.03. The van der Waals surface area contributed by atoms with Gasteiger partial charge in [0.15, 0.2) is 5.82 Å². The van der Waals surface area contributed by atoms with E-state index in [2.05, 4.69) is 17.1 Å². The lowest BCUT2D eigenvalue weighted by Crippen LogP contribution is -1.92. The second-order valence-electron chi connectivity index (χ2n) is 2.87. The van der Waals surface area contributed by atoms with Crippen LogP contribution in [0, 0.1) is 29.1 Å². The van der Waals surface area contributed by atoms with E-state index in [0.29, 0.717) is 5.69 Å². The van der Waals surface area contributed by atoms with Crippen LogP contribution in [0.4, 0.5) is 4.39 Å². The Hall–Kier alpha value is -1.43. The van der Waals surface area contributed by atoms with Crippen LogP contribution in [0.15, 0.2) is 12.3 Å². The van der Waals surface area contributed by atoms with Crippen molar-refractivity contribution in [1.29, 1.82) is 5.26 Å². The molecule has 0 aliphatic heterocycles. The van der Waals surface area contributed by atoms with Crippen molar-refractivity contribution >= 4 is 0 Å².